The van der Waals surface area contributed by atoms with Crippen LogP contribution >= 0.6 is 0 Å². The number of rotatable bonds is 0. The van der Waals surface area contributed by atoms with Crippen LogP contribution in [0.4, 0.5) is 13.2 Å². The lowest BCUT2D eigenvalue weighted by molar-refractivity contribution is -0.137. The van der Waals surface area contributed by atoms with Gasteiger partial charge in [-0.25, -0.2) is 0 Å². The van der Waals surface area contributed by atoms with Crippen LogP contribution in [0.5, 0.6) is 0 Å². The van der Waals surface area contributed by atoms with Crippen molar-refractivity contribution in [3.63, 3.8) is 0 Å². The van der Waals surface area contributed by atoms with Crippen LogP contribution in [0.1, 0.15) is 30.9 Å². The van der Waals surface area contributed by atoms with E-state index in [9.17, 15) is 13.2 Å². The quantitative estimate of drug-likeness (QED) is 0.710. The van der Waals surface area contributed by atoms with Gasteiger partial charge in [0.15, 0.2) is 0 Å². The molecule has 0 amide bonds. The predicted octanol–water partition coefficient (Wildman–Crippen LogP) is 3.45. The van der Waals surface area contributed by atoms with E-state index in [1.165, 1.54) is 12.1 Å². The summed E-state index contributed by atoms with van der Waals surface area (Å²) in [5.74, 6) is 6.19. The second-order valence-electron chi connectivity index (χ2n) is 5.14. The highest BCUT2D eigenvalue weighted by atomic mass is 19.4. The van der Waals surface area contributed by atoms with E-state index in [1.54, 1.807) is 0 Å². The van der Waals surface area contributed by atoms with Crippen molar-refractivity contribution in [2.24, 2.45) is 5.41 Å². The topological polar surface area (TPSA) is 12.0 Å². The molecule has 1 saturated heterocycles. The Hall–Kier alpha value is -1.47. The highest BCUT2D eigenvalue weighted by Gasteiger charge is 2.30. The number of nitrogens with one attached hydrogen (secondary N) is 1. The summed E-state index contributed by atoms with van der Waals surface area (Å²) in [5, 5.41) is 3.27. The summed E-state index contributed by atoms with van der Waals surface area (Å²) in [6.07, 6.45) is -2.34. The fourth-order valence-electron chi connectivity index (χ4n) is 2.07. The monoisotopic (exact) mass is 267 g/mol. The summed E-state index contributed by atoms with van der Waals surface area (Å²) in [7, 11) is 0. The average molecular weight is 267 g/mol. The van der Waals surface area contributed by atoms with Crippen LogP contribution in [-0.2, 0) is 6.18 Å². The minimum absolute atomic E-state index is 0.0338. The minimum Gasteiger partial charge on any atom is -0.317 e. The van der Waals surface area contributed by atoms with Gasteiger partial charge in [-0.1, -0.05) is 11.8 Å². The van der Waals surface area contributed by atoms with Gasteiger partial charge in [-0.15, -0.1) is 0 Å². The van der Waals surface area contributed by atoms with Crippen LogP contribution in [0.15, 0.2) is 24.3 Å². The Labute approximate surface area is 111 Å². The van der Waals surface area contributed by atoms with Crippen LogP contribution in [0, 0.1) is 17.3 Å². The number of halogens is 3. The summed E-state index contributed by atoms with van der Waals surface area (Å²) >= 11 is 0. The molecule has 0 saturated carbocycles. The Bertz CT molecular complexity index is 485. The predicted molar refractivity (Wildman–Crippen MR) is 68.5 cm³/mol. The number of hydrogen-bond acceptors (Lipinski definition) is 1. The van der Waals surface area contributed by atoms with Crippen LogP contribution in [0.25, 0.3) is 0 Å². The molecule has 0 atom stereocenters. The van der Waals surface area contributed by atoms with E-state index in [-0.39, 0.29) is 5.41 Å². The maximum Gasteiger partial charge on any atom is 0.416 e. The molecule has 1 aromatic rings. The molecular weight excluding hydrogens is 251 g/mol. The van der Waals surface area contributed by atoms with E-state index in [2.05, 4.69) is 24.1 Å². The molecule has 0 radical (unpaired) electrons. The lowest BCUT2D eigenvalue weighted by Crippen LogP contribution is -2.33. The molecule has 2 rings (SSSR count). The Morgan fingerprint density at radius 3 is 2.21 bits per heavy atom. The molecule has 1 aliphatic heterocycles. The first kappa shape index (κ1) is 14.0. The summed E-state index contributed by atoms with van der Waals surface area (Å²) in [6.45, 7) is 3.99. The summed E-state index contributed by atoms with van der Waals surface area (Å²) in [6, 6.07) is 5.02. The van der Waals surface area contributed by atoms with E-state index < -0.39 is 11.7 Å². The normalized spacial score (nSPS) is 18.5. The Kier molecular flexibility index (Phi) is 3.86. The highest BCUT2D eigenvalue weighted by Crippen LogP contribution is 2.29. The molecule has 1 heterocycles. The van der Waals surface area contributed by atoms with Gasteiger partial charge in [0.25, 0.3) is 0 Å². The molecular formula is C15H16F3N. The molecule has 0 unspecified atom stereocenters. The molecule has 0 aromatic heterocycles. The molecule has 0 aliphatic carbocycles. The fourth-order valence-corrected chi connectivity index (χ4v) is 2.07. The van der Waals surface area contributed by atoms with E-state index in [0.29, 0.717) is 5.56 Å². The third-order valence-corrected chi connectivity index (χ3v) is 3.43. The van der Waals surface area contributed by atoms with Gasteiger partial charge >= 0.3 is 6.18 Å². The Morgan fingerprint density at radius 2 is 1.68 bits per heavy atom. The minimum atomic E-state index is -4.28. The van der Waals surface area contributed by atoms with Gasteiger partial charge in [0, 0.05) is 11.0 Å². The van der Waals surface area contributed by atoms with Gasteiger partial charge in [-0.2, -0.15) is 13.2 Å². The molecule has 19 heavy (non-hydrogen) atoms. The molecule has 1 N–H and O–H groups in total. The van der Waals surface area contributed by atoms with Crippen molar-refractivity contribution in [1.82, 2.24) is 5.32 Å². The second-order valence-corrected chi connectivity index (χ2v) is 5.14. The maximum absolute atomic E-state index is 12.4. The van der Waals surface area contributed by atoms with Crippen LogP contribution < -0.4 is 5.32 Å². The number of hydrogen-bond donors (Lipinski definition) is 1. The molecule has 0 spiro atoms. The zero-order chi connectivity index (χ0) is 13.9. The fraction of sp³-hybridized carbons (Fsp3) is 0.467. The van der Waals surface area contributed by atoms with Gasteiger partial charge in [-0.3, -0.25) is 0 Å². The molecule has 4 heteroatoms. The van der Waals surface area contributed by atoms with Crippen LogP contribution in [0.2, 0.25) is 0 Å². The Morgan fingerprint density at radius 1 is 1.11 bits per heavy atom. The van der Waals surface area contributed by atoms with Gasteiger partial charge < -0.3 is 5.32 Å². The third-order valence-electron chi connectivity index (χ3n) is 3.43. The zero-order valence-electron chi connectivity index (χ0n) is 10.8. The first-order chi connectivity index (χ1) is 8.89. The van der Waals surface area contributed by atoms with Crippen LogP contribution in [0.3, 0.4) is 0 Å². The number of benzene rings is 1. The van der Waals surface area contributed by atoms with E-state index >= 15 is 0 Å². The average Bonchev–Trinajstić information content (AvgIpc) is 2.37. The number of piperidine rings is 1. The maximum atomic E-state index is 12.4. The second kappa shape index (κ2) is 5.26. The van der Waals surface area contributed by atoms with Crippen molar-refractivity contribution in [1.29, 1.82) is 0 Å². The third kappa shape index (κ3) is 3.74. The van der Waals surface area contributed by atoms with Crippen LogP contribution in [-0.4, -0.2) is 13.1 Å². The SMILES string of the molecule is CC1(C#Cc2ccc(C(F)(F)F)cc2)CCNCC1. The summed E-state index contributed by atoms with van der Waals surface area (Å²) < 4.78 is 37.2. The lowest BCUT2D eigenvalue weighted by Gasteiger charge is -2.28. The zero-order valence-corrected chi connectivity index (χ0v) is 10.8. The Balaban J connectivity index is 2.12. The molecule has 0 bridgehead atoms. The van der Waals surface area contributed by atoms with Crippen molar-refractivity contribution < 1.29 is 13.2 Å². The summed E-state index contributed by atoms with van der Waals surface area (Å²) in [4.78, 5) is 0. The lowest BCUT2D eigenvalue weighted by atomic mass is 9.81. The van der Waals surface area contributed by atoms with E-state index in [1.807, 2.05) is 0 Å². The largest absolute Gasteiger partial charge is 0.416 e. The first-order valence-corrected chi connectivity index (χ1v) is 6.30. The van der Waals surface area contributed by atoms with E-state index in [4.69, 9.17) is 0 Å². The molecule has 1 aromatic carbocycles. The van der Waals surface area contributed by atoms with Gasteiger partial charge in [-0.05, 0) is 57.1 Å². The van der Waals surface area contributed by atoms with Crippen molar-refractivity contribution in [2.75, 3.05) is 13.1 Å². The summed E-state index contributed by atoms with van der Waals surface area (Å²) in [5.41, 5.74) is -0.0348. The van der Waals surface area contributed by atoms with Crippen molar-refractivity contribution in [3.8, 4) is 11.8 Å². The number of alkyl halides is 3. The first-order valence-electron chi connectivity index (χ1n) is 6.30. The van der Waals surface area contributed by atoms with Gasteiger partial charge in [0.1, 0.15) is 0 Å². The molecule has 102 valence electrons. The highest BCUT2D eigenvalue weighted by molar-refractivity contribution is 5.38. The van der Waals surface area contributed by atoms with Gasteiger partial charge in [0.05, 0.1) is 5.56 Å². The molecule has 1 aliphatic rings. The van der Waals surface area contributed by atoms with Crippen molar-refractivity contribution in [3.05, 3.63) is 35.4 Å². The molecule has 1 nitrogen and oxygen atoms in total. The molecule has 1 fully saturated rings. The standard InChI is InChI=1S/C15H16F3N/c1-14(8-10-19-11-9-14)7-6-12-2-4-13(5-3-12)15(16,17)18/h2-5,19H,8-11H2,1H3. The van der Waals surface area contributed by atoms with Crippen molar-refractivity contribution >= 4 is 0 Å². The van der Waals surface area contributed by atoms with Crippen molar-refractivity contribution in [2.45, 2.75) is 25.9 Å². The van der Waals surface area contributed by atoms with E-state index in [0.717, 1.165) is 38.1 Å². The van der Waals surface area contributed by atoms with Gasteiger partial charge in [0.2, 0.25) is 0 Å². The smallest absolute Gasteiger partial charge is 0.317 e.